The Hall–Kier alpha value is -3.17. The Labute approximate surface area is 194 Å². The number of nitrogens with zero attached hydrogens (tertiary/aromatic N) is 6. The van der Waals surface area contributed by atoms with E-state index < -0.39 is 0 Å². The molecule has 1 saturated carbocycles. The maximum Gasteiger partial charge on any atom is 0.259 e. The van der Waals surface area contributed by atoms with Gasteiger partial charge in [0.05, 0.1) is 28.8 Å². The van der Waals surface area contributed by atoms with Crippen LogP contribution in [0.4, 0.5) is 5.69 Å². The number of carbonyl (C=O) groups excluding carboxylic acids is 1. The zero-order valence-corrected chi connectivity index (χ0v) is 19.1. The largest absolute Gasteiger partial charge is 0.322 e. The molecule has 2 aromatic heterocycles. The van der Waals surface area contributed by atoms with Crippen LogP contribution in [0, 0.1) is 6.92 Å². The Morgan fingerprint density at radius 1 is 1.16 bits per heavy atom. The highest BCUT2D eigenvalue weighted by Gasteiger charge is 2.33. The zero-order chi connectivity index (χ0) is 22.2. The van der Waals surface area contributed by atoms with E-state index in [1.54, 1.807) is 10.9 Å². The number of aryl methyl sites for hydroxylation is 1. The van der Waals surface area contributed by atoms with Gasteiger partial charge >= 0.3 is 0 Å². The molecule has 0 spiro atoms. The minimum Gasteiger partial charge on any atom is -0.322 e. The van der Waals surface area contributed by atoms with Crippen molar-refractivity contribution in [2.24, 2.45) is 0 Å². The summed E-state index contributed by atoms with van der Waals surface area (Å²) in [6.45, 7) is 1.96. The number of rotatable bonds is 6. The summed E-state index contributed by atoms with van der Waals surface area (Å²) < 4.78 is 3.47. The number of halogens is 1. The molecule has 4 aromatic rings. The van der Waals surface area contributed by atoms with Crippen LogP contribution in [0.2, 0.25) is 5.02 Å². The van der Waals surface area contributed by atoms with Crippen molar-refractivity contribution >= 4 is 35.0 Å². The topological polar surface area (TPSA) is 90.5 Å². The first-order chi connectivity index (χ1) is 15.5. The van der Waals surface area contributed by atoms with Gasteiger partial charge in [0.15, 0.2) is 0 Å². The first-order valence-corrected chi connectivity index (χ1v) is 11.7. The van der Waals surface area contributed by atoms with E-state index in [-0.39, 0.29) is 5.91 Å². The Balaban J connectivity index is 1.45. The van der Waals surface area contributed by atoms with Crippen LogP contribution in [0.15, 0.2) is 53.8 Å². The van der Waals surface area contributed by atoms with E-state index in [1.807, 2.05) is 60.3 Å². The van der Waals surface area contributed by atoms with Crippen molar-refractivity contribution in [1.29, 1.82) is 0 Å². The van der Waals surface area contributed by atoms with Gasteiger partial charge in [-0.2, -0.15) is 9.78 Å². The summed E-state index contributed by atoms with van der Waals surface area (Å²) in [5.41, 5.74) is 4.77. The zero-order valence-electron chi connectivity index (χ0n) is 17.5. The maximum absolute atomic E-state index is 13.2. The minimum absolute atomic E-state index is 0.199. The first-order valence-electron chi connectivity index (χ1n) is 10.1. The van der Waals surface area contributed by atoms with E-state index in [4.69, 9.17) is 11.6 Å². The number of hydrogen-bond acceptors (Lipinski definition) is 6. The summed E-state index contributed by atoms with van der Waals surface area (Å²) in [7, 11) is 0. The molecule has 0 atom stereocenters. The Morgan fingerprint density at radius 2 is 1.97 bits per heavy atom. The van der Waals surface area contributed by atoms with Crippen LogP contribution in [0.5, 0.6) is 0 Å². The molecule has 5 rings (SSSR count). The van der Waals surface area contributed by atoms with E-state index in [9.17, 15) is 4.79 Å². The summed E-state index contributed by atoms with van der Waals surface area (Å²) in [6.07, 6.45) is 5.62. The summed E-state index contributed by atoms with van der Waals surface area (Å²) in [5, 5.41) is 20.6. The summed E-state index contributed by atoms with van der Waals surface area (Å²) in [4.78, 5) is 13.2. The Bertz CT molecular complexity index is 1310. The fourth-order valence-electron chi connectivity index (χ4n) is 3.58. The molecular weight excluding hydrogens is 446 g/mol. The molecule has 1 N–H and O–H groups in total. The van der Waals surface area contributed by atoms with Crippen LogP contribution >= 0.6 is 23.4 Å². The van der Waals surface area contributed by atoms with Crippen molar-refractivity contribution in [1.82, 2.24) is 30.0 Å². The van der Waals surface area contributed by atoms with Gasteiger partial charge in [0.25, 0.3) is 5.91 Å². The molecule has 1 fully saturated rings. The van der Waals surface area contributed by atoms with Crippen LogP contribution < -0.4 is 5.32 Å². The molecule has 32 heavy (non-hydrogen) atoms. The molecule has 1 aliphatic carbocycles. The average molecular weight is 466 g/mol. The van der Waals surface area contributed by atoms with Crippen LogP contribution in [0.25, 0.3) is 11.4 Å². The molecule has 1 amide bonds. The molecule has 1 aliphatic rings. The molecule has 2 aromatic carbocycles. The third kappa shape index (κ3) is 3.89. The standard InChI is InChI=1S/C22H20ClN7OS/c1-13-6-9-17(11-19(13)23)29-20(14-7-8-14)18(12-24-29)21(31)25-15-4-3-5-16(10-15)30-22(32-2)26-27-28-30/h3-6,9-12,14H,7-8H2,1-2H3,(H,25,31). The van der Waals surface area contributed by atoms with Gasteiger partial charge in [0, 0.05) is 16.6 Å². The fourth-order valence-corrected chi connectivity index (χ4v) is 4.19. The van der Waals surface area contributed by atoms with Crippen LogP contribution in [-0.2, 0) is 0 Å². The normalized spacial score (nSPS) is 13.3. The Kier molecular flexibility index (Phi) is 5.44. The number of aromatic nitrogens is 6. The lowest BCUT2D eigenvalue weighted by atomic mass is 10.1. The molecule has 162 valence electrons. The number of carbonyl (C=O) groups is 1. The lowest BCUT2D eigenvalue weighted by Crippen LogP contribution is -2.14. The number of benzene rings is 2. The van der Waals surface area contributed by atoms with E-state index in [2.05, 4.69) is 25.9 Å². The summed E-state index contributed by atoms with van der Waals surface area (Å²) in [5.74, 6) is 0.116. The highest BCUT2D eigenvalue weighted by atomic mass is 35.5. The van der Waals surface area contributed by atoms with Crippen molar-refractivity contribution in [2.45, 2.75) is 30.8 Å². The molecule has 2 heterocycles. The highest BCUT2D eigenvalue weighted by molar-refractivity contribution is 7.98. The number of hydrogen-bond donors (Lipinski definition) is 1. The lowest BCUT2D eigenvalue weighted by Gasteiger charge is -2.11. The Morgan fingerprint density at radius 3 is 2.72 bits per heavy atom. The number of thioether (sulfide) groups is 1. The molecule has 0 unspecified atom stereocenters. The van der Waals surface area contributed by atoms with Gasteiger partial charge in [-0.05, 0) is 72.3 Å². The van der Waals surface area contributed by atoms with Gasteiger partial charge in [-0.3, -0.25) is 4.79 Å². The van der Waals surface area contributed by atoms with Gasteiger partial charge in [0.2, 0.25) is 5.16 Å². The van der Waals surface area contributed by atoms with Gasteiger partial charge < -0.3 is 5.32 Å². The summed E-state index contributed by atoms with van der Waals surface area (Å²) in [6, 6.07) is 13.2. The fraction of sp³-hybridized carbons (Fsp3) is 0.227. The molecule has 10 heteroatoms. The molecule has 0 radical (unpaired) electrons. The van der Waals surface area contributed by atoms with Gasteiger partial charge in [0.1, 0.15) is 0 Å². The smallest absolute Gasteiger partial charge is 0.259 e. The summed E-state index contributed by atoms with van der Waals surface area (Å²) >= 11 is 7.78. The van der Waals surface area contributed by atoms with Crippen molar-refractivity contribution in [3.8, 4) is 11.4 Å². The van der Waals surface area contributed by atoms with Gasteiger partial charge in [-0.25, -0.2) is 4.68 Å². The monoisotopic (exact) mass is 465 g/mol. The van der Waals surface area contributed by atoms with Crippen LogP contribution in [0.3, 0.4) is 0 Å². The van der Waals surface area contributed by atoms with Crippen molar-refractivity contribution in [3.05, 3.63) is 70.5 Å². The molecule has 0 saturated heterocycles. The predicted octanol–water partition coefficient (Wildman–Crippen LogP) is 4.66. The van der Waals surface area contributed by atoms with Crippen molar-refractivity contribution < 1.29 is 4.79 Å². The second-order valence-corrected chi connectivity index (χ2v) is 8.83. The number of anilines is 1. The van der Waals surface area contributed by atoms with Gasteiger partial charge in [-0.15, -0.1) is 5.10 Å². The first kappa shape index (κ1) is 20.7. The lowest BCUT2D eigenvalue weighted by molar-refractivity contribution is 0.102. The molecule has 0 aliphatic heterocycles. The second kappa shape index (κ2) is 8.40. The average Bonchev–Trinajstić information content (AvgIpc) is 3.34. The van der Waals surface area contributed by atoms with E-state index >= 15 is 0 Å². The van der Waals surface area contributed by atoms with Gasteiger partial charge in [-0.1, -0.05) is 35.5 Å². The van der Waals surface area contributed by atoms with E-state index in [0.717, 1.165) is 35.5 Å². The maximum atomic E-state index is 13.2. The molecule has 8 nitrogen and oxygen atoms in total. The minimum atomic E-state index is -0.199. The number of tetrazole rings is 1. The third-order valence-corrected chi connectivity index (χ3v) is 6.41. The van der Waals surface area contributed by atoms with E-state index in [0.29, 0.717) is 27.3 Å². The third-order valence-electron chi connectivity index (χ3n) is 5.39. The molecule has 0 bridgehead atoms. The number of amides is 1. The highest BCUT2D eigenvalue weighted by Crippen LogP contribution is 2.42. The van der Waals surface area contributed by atoms with Crippen molar-refractivity contribution in [3.63, 3.8) is 0 Å². The van der Waals surface area contributed by atoms with Crippen LogP contribution in [0.1, 0.15) is 40.4 Å². The van der Waals surface area contributed by atoms with E-state index in [1.165, 1.54) is 11.8 Å². The predicted molar refractivity (Wildman–Crippen MR) is 124 cm³/mol. The van der Waals surface area contributed by atoms with Crippen LogP contribution in [-0.4, -0.2) is 42.2 Å². The second-order valence-electron chi connectivity index (χ2n) is 7.64. The van der Waals surface area contributed by atoms with Crippen molar-refractivity contribution in [2.75, 3.05) is 11.6 Å². The molecular formula is C22H20ClN7OS. The quantitative estimate of drug-likeness (QED) is 0.416. The number of nitrogens with one attached hydrogen (secondary N) is 1. The SMILES string of the molecule is CSc1nnnn1-c1cccc(NC(=O)c2cnn(-c3ccc(C)c(Cl)c3)c2C2CC2)c1.